The number of hydrogen-bond acceptors (Lipinski definition) is 4. The Morgan fingerprint density at radius 1 is 1.45 bits per heavy atom. The lowest BCUT2D eigenvalue weighted by Gasteiger charge is -2.14. The smallest absolute Gasteiger partial charge is 0.255 e. The number of halogens is 2. The molecule has 5 nitrogen and oxygen atoms in total. The topological polar surface area (TPSA) is 73.6 Å². The largest absolute Gasteiger partial charge is 1.00 e. The van der Waals surface area contributed by atoms with Crippen molar-refractivity contribution in [2.24, 2.45) is 5.73 Å². The lowest BCUT2D eigenvalue weighted by molar-refractivity contribution is -0.119. The minimum atomic E-state index is -0.528. The molecule has 0 spiro atoms. The van der Waals surface area contributed by atoms with Crippen LogP contribution in [0.3, 0.4) is 0 Å². The van der Waals surface area contributed by atoms with E-state index in [4.69, 9.17) is 15.2 Å². The fraction of sp³-hybridized carbons (Fsp3) is 0.462. The summed E-state index contributed by atoms with van der Waals surface area (Å²) in [5.41, 5.74) is 6.12. The van der Waals surface area contributed by atoms with Gasteiger partial charge in [-0.15, -0.1) is 0 Å². The van der Waals surface area contributed by atoms with Gasteiger partial charge >= 0.3 is 0 Å². The van der Waals surface area contributed by atoms with Crippen LogP contribution >= 0.6 is 15.9 Å². The third-order valence-corrected chi connectivity index (χ3v) is 2.95. The van der Waals surface area contributed by atoms with E-state index in [-0.39, 0.29) is 19.0 Å². The van der Waals surface area contributed by atoms with Crippen molar-refractivity contribution in [2.45, 2.75) is 26.4 Å². The molecule has 3 N–H and O–H groups in total. The number of ether oxygens (including phenoxy) is 2. The molecule has 1 aromatic rings. The van der Waals surface area contributed by atoms with Crippen molar-refractivity contribution in [1.29, 1.82) is 0 Å². The summed E-state index contributed by atoms with van der Waals surface area (Å²) in [7, 11) is 1.55. The molecule has 0 saturated heterocycles. The van der Waals surface area contributed by atoms with Crippen molar-refractivity contribution in [3.05, 3.63) is 22.2 Å². The maximum atomic E-state index is 10.8. The number of benzene rings is 1. The molecule has 0 aliphatic heterocycles. The first-order valence-corrected chi connectivity index (χ1v) is 6.74. The molecule has 0 aromatic heterocycles. The van der Waals surface area contributed by atoms with Gasteiger partial charge in [-0.1, -0.05) is 13.8 Å². The van der Waals surface area contributed by atoms with Crippen molar-refractivity contribution >= 4 is 21.8 Å². The summed E-state index contributed by atoms with van der Waals surface area (Å²) in [6.45, 7) is 4.70. The van der Waals surface area contributed by atoms with E-state index < -0.39 is 5.91 Å². The van der Waals surface area contributed by atoms with E-state index in [0.717, 1.165) is 16.6 Å². The minimum absolute atomic E-state index is 0. The molecule has 1 amide bonds. The van der Waals surface area contributed by atoms with Crippen LogP contribution in [0.5, 0.6) is 11.5 Å². The lowest BCUT2D eigenvalue weighted by atomic mass is 10.2. The van der Waals surface area contributed by atoms with Crippen LogP contribution in [0.25, 0.3) is 0 Å². The van der Waals surface area contributed by atoms with Crippen LogP contribution in [0.1, 0.15) is 19.4 Å². The quantitative estimate of drug-likeness (QED) is 0.637. The molecule has 0 heterocycles. The molecule has 1 rings (SSSR count). The summed E-state index contributed by atoms with van der Waals surface area (Å²) in [5, 5.41) is 3.32. The number of carbonyl (C=O) groups is 1. The van der Waals surface area contributed by atoms with Gasteiger partial charge in [-0.25, -0.2) is 0 Å². The predicted octanol–water partition coefficient (Wildman–Crippen LogP) is -1.18. The van der Waals surface area contributed by atoms with Crippen molar-refractivity contribution in [3.63, 3.8) is 0 Å². The Balaban J connectivity index is 0.00000361. The van der Waals surface area contributed by atoms with Crippen LogP contribution in [0.4, 0.5) is 0 Å². The molecule has 20 heavy (non-hydrogen) atoms. The van der Waals surface area contributed by atoms with Gasteiger partial charge in [0.25, 0.3) is 5.91 Å². The molecule has 0 radical (unpaired) electrons. The highest BCUT2D eigenvalue weighted by atomic mass is 79.9. The Morgan fingerprint density at radius 3 is 2.60 bits per heavy atom. The maximum Gasteiger partial charge on any atom is 0.255 e. The first-order chi connectivity index (χ1) is 8.93. The van der Waals surface area contributed by atoms with Gasteiger partial charge in [-0.3, -0.25) is 4.79 Å². The Morgan fingerprint density at radius 2 is 2.10 bits per heavy atom. The molecule has 7 heteroatoms. The van der Waals surface area contributed by atoms with Crippen LogP contribution in [-0.2, 0) is 11.3 Å². The summed E-state index contributed by atoms with van der Waals surface area (Å²) in [5.74, 6) is 0.519. The van der Waals surface area contributed by atoms with Gasteiger partial charge < -0.3 is 32.9 Å². The number of hydrogen-bond donors (Lipinski definition) is 2. The predicted molar refractivity (Wildman–Crippen MR) is 77.4 cm³/mol. The number of amides is 1. The maximum absolute atomic E-state index is 10.8. The van der Waals surface area contributed by atoms with Crippen LogP contribution in [0.2, 0.25) is 0 Å². The minimum Gasteiger partial charge on any atom is -1.00 e. The van der Waals surface area contributed by atoms with E-state index in [2.05, 4.69) is 35.1 Å². The molecule has 0 fully saturated rings. The first kappa shape index (κ1) is 19.0. The Labute approximate surface area is 133 Å². The van der Waals surface area contributed by atoms with Gasteiger partial charge in [0.2, 0.25) is 0 Å². The monoisotopic (exact) mass is 365 g/mol. The normalized spacial score (nSPS) is 10.1. The number of methoxy groups -OCH3 is 1. The number of nitrogens with one attached hydrogen (secondary N) is 1. The highest BCUT2D eigenvalue weighted by Crippen LogP contribution is 2.36. The molecular weight excluding hydrogens is 348 g/mol. The van der Waals surface area contributed by atoms with Crippen molar-refractivity contribution in [1.82, 2.24) is 5.32 Å². The Kier molecular flexibility index (Phi) is 8.60. The van der Waals surface area contributed by atoms with E-state index in [1.54, 1.807) is 7.11 Å². The van der Waals surface area contributed by atoms with Gasteiger partial charge in [0, 0.05) is 12.6 Å². The summed E-state index contributed by atoms with van der Waals surface area (Å²) in [6.07, 6.45) is 0. The SMILES string of the molecule is COc1cc(CNC(C)C)cc(Br)c1OCC(N)=O.[Cl-]. The molecule has 0 unspecified atom stereocenters. The third kappa shape index (κ3) is 5.98. The van der Waals surface area contributed by atoms with Gasteiger partial charge in [0.1, 0.15) is 0 Å². The summed E-state index contributed by atoms with van der Waals surface area (Å²) in [4.78, 5) is 10.8. The van der Waals surface area contributed by atoms with Gasteiger partial charge in [-0.05, 0) is 33.6 Å². The van der Waals surface area contributed by atoms with Crippen molar-refractivity contribution < 1.29 is 26.7 Å². The second-order valence-electron chi connectivity index (χ2n) is 4.40. The molecular formula is C13H19BrClN2O3-. The lowest BCUT2D eigenvalue weighted by Crippen LogP contribution is -3.00. The van der Waals surface area contributed by atoms with E-state index in [1.807, 2.05) is 12.1 Å². The number of nitrogens with two attached hydrogens (primary N) is 1. The summed E-state index contributed by atoms with van der Waals surface area (Å²) < 4.78 is 11.3. The second kappa shape index (κ2) is 9.05. The first-order valence-electron chi connectivity index (χ1n) is 5.95. The third-order valence-electron chi connectivity index (χ3n) is 2.36. The van der Waals surface area contributed by atoms with Gasteiger partial charge in [0.05, 0.1) is 11.6 Å². The van der Waals surface area contributed by atoms with E-state index in [9.17, 15) is 4.79 Å². The molecule has 0 aliphatic carbocycles. The van der Waals surface area contributed by atoms with E-state index in [0.29, 0.717) is 17.5 Å². The van der Waals surface area contributed by atoms with Crippen LogP contribution in [0.15, 0.2) is 16.6 Å². The summed E-state index contributed by atoms with van der Waals surface area (Å²) in [6, 6.07) is 4.19. The Bertz CT molecular complexity index is 455. The van der Waals surface area contributed by atoms with Crippen molar-refractivity contribution in [3.8, 4) is 11.5 Å². The fourth-order valence-corrected chi connectivity index (χ4v) is 2.08. The van der Waals surface area contributed by atoms with Crippen molar-refractivity contribution in [2.75, 3.05) is 13.7 Å². The summed E-state index contributed by atoms with van der Waals surface area (Å²) >= 11 is 3.41. The zero-order valence-corrected chi connectivity index (χ0v) is 14.0. The molecule has 0 bridgehead atoms. The zero-order chi connectivity index (χ0) is 14.4. The van der Waals surface area contributed by atoms with Gasteiger partial charge in [-0.2, -0.15) is 0 Å². The van der Waals surface area contributed by atoms with Crippen LogP contribution in [-0.4, -0.2) is 25.7 Å². The molecule has 114 valence electrons. The molecule has 0 aliphatic rings. The highest BCUT2D eigenvalue weighted by Gasteiger charge is 2.12. The number of rotatable bonds is 7. The standard InChI is InChI=1S/C13H19BrN2O3.ClH/c1-8(2)16-6-9-4-10(14)13(11(5-9)18-3)19-7-12(15)17;/h4-5,8,16H,6-7H2,1-3H3,(H2,15,17);1H/p-1. The average Bonchev–Trinajstić information content (AvgIpc) is 2.34. The average molecular weight is 367 g/mol. The van der Waals surface area contributed by atoms with Crippen LogP contribution in [0, 0.1) is 0 Å². The second-order valence-corrected chi connectivity index (χ2v) is 5.25. The van der Waals surface area contributed by atoms with E-state index in [1.165, 1.54) is 0 Å². The molecule has 0 atom stereocenters. The Hall–Kier alpha value is -0.980. The zero-order valence-electron chi connectivity index (χ0n) is 11.7. The highest BCUT2D eigenvalue weighted by molar-refractivity contribution is 9.10. The number of primary amides is 1. The van der Waals surface area contributed by atoms with E-state index >= 15 is 0 Å². The van der Waals surface area contributed by atoms with Crippen LogP contribution < -0.4 is 32.9 Å². The molecule has 0 saturated carbocycles. The van der Waals surface area contributed by atoms with Gasteiger partial charge in [0.15, 0.2) is 18.1 Å². The number of carbonyl (C=O) groups excluding carboxylic acids is 1. The fourth-order valence-electron chi connectivity index (χ4n) is 1.48. The molecule has 1 aromatic carbocycles.